The first kappa shape index (κ1) is 12.9. The fourth-order valence-corrected chi connectivity index (χ4v) is 1.79. The Hall–Kier alpha value is -1.18. The highest BCUT2D eigenvalue weighted by molar-refractivity contribution is 6.59. The molecule has 3 heteroatoms. The van der Waals surface area contributed by atoms with Crippen LogP contribution in [0.4, 0.5) is 0 Å². The van der Waals surface area contributed by atoms with Crippen molar-refractivity contribution >= 4 is 28.8 Å². The van der Waals surface area contributed by atoms with E-state index in [4.69, 9.17) is 23.2 Å². The Kier molecular flexibility index (Phi) is 4.66. The van der Waals surface area contributed by atoms with Crippen LogP contribution in [-0.2, 0) is 0 Å². The van der Waals surface area contributed by atoms with Gasteiger partial charge < -0.3 is 5.11 Å². The number of allylic oxidation sites excluding steroid dienone is 4. The summed E-state index contributed by atoms with van der Waals surface area (Å²) in [4.78, 5) is 0. The molecule has 84 valence electrons. The highest BCUT2D eigenvalue weighted by Gasteiger charge is 2.08. The summed E-state index contributed by atoms with van der Waals surface area (Å²) in [7, 11) is 0. The maximum Gasteiger partial charge on any atom is 0.115 e. The number of benzene rings is 1. The van der Waals surface area contributed by atoms with Crippen LogP contribution in [0.25, 0.3) is 5.57 Å². The minimum Gasteiger partial charge on any atom is -0.508 e. The van der Waals surface area contributed by atoms with Crippen molar-refractivity contribution in [2.45, 2.75) is 6.92 Å². The van der Waals surface area contributed by atoms with Crippen LogP contribution in [0, 0.1) is 0 Å². The quantitative estimate of drug-likeness (QED) is 0.778. The molecule has 0 fully saturated rings. The zero-order chi connectivity index (χ0) is 12.1. The Morgan fingerprint density at radius 1 is 1.25 bits per heavy atom. The van der Waals surface area contributed by atoms with Gasteiger partial charge in [0.1, 0.15) is 10.2 Å². The number of hydrogen-bond donors (Lipinski definition) is 1. The monoisotopic (exact) mass is 254 g/mol. The summed E-state index contributed by atoms with van der Waals surface area (Å²) in [6.45, 7) is 5.78. The van der Waals surface area contributed by atoms with Gasteiger partial charge in [0.2, 0.25) is 0 Å². The second kappa shape index (κ2) is 5.78. The van der Waals surface area contributed by atoms with Gasteiger partial charge >= 0.3 is 0 Å². The minimum atomic E-state index is 0.161. The van der Waals surface area contributed by atoms with Crippen molar-refractivity contribution in [2.75, 3.05) is 0 Å². The molecule has 0 aliphatic rings. The largest absolute Gasteiger partial charge is 0.508 e. The van der Waals surface area contributed by atoms with Crippen LogP contribution in [0.15, 0.2) is 53.1 Å². The van der Waals surface area contributed by atoms with Crippen LogP contribution < -0.4 is 0 Å². The highest BCUT2D eigenvalue weighted by Crippen LogP contribution is 2.31. The maximum atomic E-state index is 9.20. The lowest BCUT2D eigenvalue weighted by molar-refractivity contribution is 0.475. The molecule has 0 aliphatic heterocycles. The molecule has 1 nitrogen and oxygen atoms in total. The Bertz CT molecular complexity index is 438. The van der Waals surface area contributed by atoms with Gasteiger partial charge in [-0.1, -0.05) is 54.1 Å². The molecule has 0 bridgehead atoms. The third-order valence-electron chi connectivity index (χ3n) is 2.03. The molecule has 0 heterocycles. The van der Waals surface area contributed by atoms with E-state index in [0.29, 0.717) is 5.57 Å². The molecule has 0 aliphatic carbocycles. The molecule has 0 saturated carbocycles. The third-order valence-corrected chi connectivity index (χ3v) is 2.41. The van der Waals surface area contributed by atoms with Gasteiger partial charge in [-0.15, -0.1) is 0 Å². The van der Waals surface area contributed by atoms with Gasteiger partial charge in [-0.05, 0) is 30.2 Å². The Morgan fingerprint density at radius 3 is 2.25 bits per heavy atom. The van der Waals surface area contributed by atoms with Crippen molar-refractivity contribution in [3.05, 3.63) is 58.6 Å². The molecule has 1 aromatic carbocycles. The Morgan fingerprint density at radius 2 is 1.81 bits per heavy atom. The maximum absolute atomic E-state index is 9.20. The third kappa shape index (κ3) is 3.16. The average molecular weight is 255 g/mol. The molecule has 0 radical (unpaired) electrons. The van der Waals surface area contributed by atoms with E-state index < -0.39 is 0 Å². The smallest absolute Gasteiger partial charge is 0.115 e. The lowest BCUT2D eigenvalue weighted by Crippen LogP contribution is -1.87. The van der Waals surface area contributed by atoms with Crippen molar-refractivity contribution < 1.29 is 5.11 Å². The number of phenols is 1. The summed E-state index contributed by atoms with van der Waals surface area (Å²) < 4.78 is 0.161. The lowest BCUT2D eigenvalue weighted by Gasteiger charge is -2.08. The average Bonchev–Trinajstić information content (AvgIpc) is 2.21. The predicted molar refractivity (Wildman–Crippen MR) is 70.7 cm³/mol. The van der Waals surface area contributed by atoms with E-state index in [2.05, 4.69) is 6.58 Å². The van der Waals surface area contributed by atoms with Gasteiger partial charge in [0.15, 0.2) is 0 Å². The molecular formula is C13H12Cl2O. The van der Waals surface area contributed by atoms with Crippen LogP contribution in [-0.4, -0.2) is 5.11 Å². The molecule has 1 aromatic rings. The number of phenolic OH excluding ortho intramolecular Hbond substituents is 1. The van der Waals surface area contributed by atoms with Gasteiger partial charge in [-0.3, -0.25) is 0 Å². The van der Waals surface area contributed by atoms with Gasteiger partial charge in [0, 0.05) is 5.57 Å². The van der Waals surface area contributed by atoms with E-state index in [0.717, 1.165) is 11.1 Å². The van der Waals surface area contributed by atoms with Crippen LogP contribution in [0.3, 0.4) is 0 Å². The van der Waals surface area contributed by atoms with Crippen molar-refractivity contribution in [1.82, 2.24) is 0 Å². The van der Waals surface area contributed by atoms with Crippen LogP contribution in [0.1, 0.15) is 12.5 Å². The van der Waals surface area contributed by atoms with Crippen LogP contribution in [0.2, 0.25) is 0 Å². The highest BCUT2D eigenvalue weighted by atomic mass is 35.5. The number of halogens is 2. The first-order valence-electron chi connectivity index (χ1n) is 4.73. The minimum absolute atomic E-state index is 0.161. The standard InChI is InChI=1S/C13H12Cl2O/c1-3-4-9(2)12(13(14)15)10-5-7-11(16)8-6-10/h3-8,16H,2H2,1H3/b4-3-. The van der Waals surface area contributed by atoms with Crippen molar-refractivity contribution in [3.63, 3.8) is 0 Å². The van der Waals surface area contributed by atoms with Gasteiger partial charge in [-0.2, -0.15) is 0 Å². The van der Waals surface area contributed by atoms with Crippen molar-refractivity contribution in [3.8, 4) is 5.75 Å². The molecule has 0 atom stereocenters. The number of hydrogen-bond acceptors (Lipinski definition) is 1. The molecule has 16 heavy (non-hydrogen) atoms. The zero-order valence-electron chi connectivity index (χ0n) is 8.87. The fourth-order valence-electron chi connectivity index (χ4n) is 1.33. The van der Waals surface area contributed by atoms with Crippen molar-refractivity contribution in [1.29, 1.82) is 0 Å². The van der Waals surface area contributed by atoms with Crippen molar-refractivity contribution in [2.24, 2.45) is 0 Å². The molecule has 0 saturated heterocycles. The normalized spacial score (nSPS) is 10.4. The van der Waals surface area contributed by atoms with Crippen LogP contribution >= 0.6 is 23.2 Å². The van der Waals surface area contributed by atoms with E-state index in [1.54, 1.807) is 24.3 Å². The molecule has 0 spiro atoms. The zero-order valence-corrected chi connectivity index (χ0v) is 10.4. The molecule has 1 rings (SSSR count). The predicted octanol–water partition coefficient (Wildman–Crippen LogP) is 4.67. The second-order valence-corrected chi connectivity index (χ2v) is 4.16. The first-order chi connectivity index (χ1) is 7.56. The Labute approximate surface area is 105 Å². The van der Waals surface area contributed by atoms with E-state index >= 15 is 0 Å². The SMILES string of the molecule is C=C(/C=C\C)C(=C(Cl)Cl)c1ccc(O)cc1. The topological polar surface area (TPSA) is 20.2 Å². The summed E-state index contributed by atoms with van der Waals surface area (Å²) >= 11 is 11.7. The molecular weight excluding hydrogens is 243 g/mol. The number of rotatable bonds is 3. The van der Waals surface area contributed by atoms with E-state index in [1.807, 2.05) is 19.1 Å². The fraction of sp³-hybridized carbons (Fsp3) is 0.0769. The summed E-state index contributed by atoms with van der Waals surface area (Å²) in [6, 6.07) is 6.64. The van der Waals surface area contributed by atoms with Crippen LogP contribution in [0.5, 0.6) is 5.75 Å². The van der Waals surface area contributed by atoms with E-state index in [9.17, 15) is 5.11 Å². The number of aromatic hydroxyl groups is 1. The molecule has 1 N–H and O–H groups in total. The second-order valence-electron chi connectivity index (χ2n) is 3.21. The summed E-state index contributed by atoms with van der Waals surface area (Å²) in [5, 5.41) is 9.20. The molecule has 0 aromatic heterocycles. The summed E-state index contributed by atoms with van der Waals surface area (Å²) in [5.74, 6) is 0.199. The summed E-state index contributed by atoms with van der Waals surface area (Å²) in [5.41, 5.74) is 2.22. The van der Waals surface area contributed by atoms with E-state index in [1.165, 1.54) is 0 Å². The first-order valence-corrected chi connectivity index (χ1v) is 5.48. The van der Waals surface area contributed by atoms with Gasteiger partial charge in [0.05, 0.1) is 0 Å². The lowest BCUT2D eigenvalue weighted by atomic mass is 10.0. The van der Waals surface area contributed by atoms with Gasteiger partial charge in [-0.25, -0.2) is 0 Å². The molecule has 0 unspecified atom stereocenters. The van der Waals surface area contributed by atoms with Gasteiger partial charge in [0.25, 0.3) is 0 Å². The summed E-state index contributed by atoms with van der Waals surface area (Å²) in [6.07, 6.45) is 3.69. The Balaban J connectivity index is 3.20. The van der Waals surface area contributed by atoms with E-state index in [-0.39, 0.29) is 10.2 Å². The molecule has 0 amide bonds.